The fourth-order valence-electron chi connectivity index (χ4n) is 6.87. The minimum Gasteiger partial charge on any atom is -0.394 e. The van der Waals surface area contributed by atoms with Gasteiger partial charge in [-0.15, -0.1) is 13.2 Å². The van der Waals surface area contributed by atoms with Crippen LogP contribution in [0.3, 0.4) is 0 Å². The molecule has 212 valence electrons. The van der Waals surface area contributed by atoms with E-state index in [2.05, 4.69) is 18.1 Å². The molecule has 4 aliphatic heterocycles. The largest absolute Gasteiger partial charge is 0.394 e. The lowest BCUT2D eigenvalue weighted by Crippen LogP contribution is -2.60. The molecule has 6 atom stereocenters. The summed E-state index contributed by atoms with van der Waals surface area (Å²) in [5, 5.41) is 10.4. The molecule has 4 saturated heterocycles. The van der Waals surface area contributed by atoms with E-state index in [1.807, 2.05) is 13.8 Å². The molecule has 2 bridgehead atoms. The Morgan fingerprint density at radius 3 is 2.47 bits per heavy atom. The zero-order chi connectivity index (χ0) is 27.6. The lowest BCUT2D eigenvalue weighted by atomic mass is 9.70. The van der Waals surface area contributed by atoms with Gasteiger partial charge in [0, 0.05) is 46.3 Å². The predicted octanol–water partition coefficient (Wildman–Crippen LogP) is 0.369. The number of likely N-dealkylation sites (tertiary alicyclic amines) is 1. The SMILES string of the molecule is C=CCN(C)C(=O)[C@@H]1[C@@H]2CCC3(O2)C(C(=O)N(CC=C)CCN2CCOCC2)N([C@@H](CO)C(C)C)C(=O)[C@H]13. The Balaban J connectivity index is 1.69. The molecule has 0 aliphatic carbocycles. The molecule has 4 rings (SSSR count). The van der Waals surface area contributed by atoms with Gasteiger partial charge in [0.1, 0.15) is 11.6 Å². The standard InChI is InChI=1S/C28H44N4O6/c1-6-10-29(5)25(34)22-21-8-9-28(38-21)23(22)26(35)32(20(18-33)19(3)4)24(28)27(36)31(11-7-2)13-12-30-14-16-37-17-15-30/h6-7,19-24,33H,1-2,8-18H2,3-5H3/t20-,21-,22+,23-,24?,28?/m0/s1. The summed E-state index contributed by atoms with van der Waals surface area (Å²) < 4.78 is 12.0. The third kappa shape index (κ3) is 4.92. The molecule has 3 amide bonds. The first-order valence-electron chi connectivity index (χ1n) is 13.9. The maximum absolute atomic E-state index is 14.4. The van der Waals surface area contributed by atoms with Crippen LogP contribution in [0.1, 0.15) is 26.7 Å². The van der Waals surface area contributed by atoms with Crippen molar-refractivity contribution < 1.29 is 29.0 Å². The lowest BCUT2D eigenvalue weighted by Gasteiger charge is -2.40. The highest BCUT2D eigenvalue weighted by Gasteiger charge is 2.75. The number of morpholine rings is 1. The van der Waals surface area contributed by atoms with Gasteiger partial charge in [0.2, 0.25) is 17.7 Å². The van der Waals surface area contributed by atoms with Crippen molar-refractivity contribution in [2.24, 2.45) is 17.8 Å². The van der Waals surface area contributed by atoms with Crippen molar-refractivity contribution >= 4 is 17.7 Å². The van der Waals surface area contributed by atoms with E-state index in [0.717, 1.165) is 13.1 Å². The number of fused-ring (bicyclic) bond motifs is 1. The number of hydrogen-bond acceptors (Lipinski definition) is 7. The van der Waals surface area contributed by atoms with E-state index in [4.69, 9.17) is 9.47 Å². The lowest BCUT2D eigenvalue weighted by molar-refractivity contribution is -0.152. The van der Waals surface area contributed by atoms with Crippen LogP contribution >= 0.6 is 0 Å². The van der Waals surface area contributed by atoms with Crippen molar-refractivity contribution in [2.45, 2.75) is 50.5 Å². The average Bonchev–Trinajstić information content (AvgIpc) is 3.54. The molecular weight excluding hydrogens is 488 g/mol. The van der Waals surface area contributed by atoms with Gasteiger partial charge in [0.05, 0.1) is 43.8 Å². The van der Waals surface area contributed by atoms with Gasteiger partial charge >= 0.3 is 0 Å². The molecule has 10 heteroatoms. The monoisotopic (exact) mass is 532 g/mol. The number of ether oxygens (including phenoxy) is 2. The van der Waals surface area contributed by atoms with Gasteiger partial charge in [-0.05, 0) is 18.8 Å². The molecule has 0 aromatic rings. The fourth-order valence-corrected chi connectivity index (χ4v) is 6.87. The smallest absolute Gasteiger partial charge is 0.248 e. The van der Waals surface area contributed by atoms with Gasteiger partial charge < -0.3 is 29.3 Å². The number of carbonyl (C=O) groups is 3. The second-order valence-electron chi connectivity index (χ2n) is 11.3. The summed E-state index contributed by atoms with van der Waals surface area (Å²) in [6.07, 6.45) is 4.08. The molecule has 2 unspecified atom stereocenters. The summed E-state index contributed by atoms with van der Waals surface area (Å²) in [6, 6.07) is -1.47. The van der Waals surface area contributed by atoms with E-state index < -0.39 is 35.6 Å². The van der Waals surface area contributed by atoms with Crippen LogP contribution in [0.5, 0.6) is 0 Å². The predicted molar refractivity (Wildman–Crippen MR) is 142 cm³/mol. The molecule has 4 heterocycles. The van der Waals surface area contributed by atoms with Crippen molar-refractivity contribution in [2.75, 3.05) is 66.1 Å². The van der Waals surface area contributed by atoms with Crippen LogP contribution in [0.4, 0.5) is 0 Å². The number of amides is 3. The number of nitrogens with zero attached hydrogens (tertiary/aromatic N) is 4. The summed E-state index contributed by atoms with van der Waals surface area (Å²) in [7, 11) is 1.70. The number of rotatable bonds is 12. The molecular formula is C28H44N4O6. The van der Waals surface area contributed by atoms with Crippen molar-refractivity contribution in [1.29, 1.82) is 0 Å². The highest BCUT2D eigenvalue weighted by atomic mass is 16.5. The van der Waals surface area contributed by atoms with E-state index in [0.29, 0.717) is 52.2 Å². The summed E-state index contributed by atoms with van der Waals surface area (Å²) in [6.45, 7) is 16.0. The molecule has 0 aromatic heterocycles. The molecule has 4 fully saturated rings. The number of likely N-dealkylation sites (N-methyl/N-ethyl adjacent to an activating group) is 1. The average molecular weight is 533 g/mol. The third-order valence-electron chi connectivity index (χ3n) is 8.80. The van der Waals surface area contributed by atoms with Gasteiger partial charge in [-0.2, -0.15) is 0 Å². The van der Waals surface area contributed by atoms with Gasteiger partial charge in [0.15, 0.2) is 0 Å². The van der Waals surface area contributed by atoms with Crippen molar-refractivity contribution in [3.05, 3.63) is 25.3 Å². The van der Waals surface area contributed by atoms with Gasteiger partial charge in [0.25, 0.3) is 0 Å². The van der Waals surface area contributed by atoms with Crippen LogP contribution in [0.15, 0.2) is 25.3 Å². The second-order valence-corrected chi connectivity index (χ2v) is 11.3. The van der Waals surface area contributed by atoms with Gasteiger partial charge in [-0.1, -0.05) is 26.0 Å². The highest BCUT2D eigenvalue weighted by Crippen LogP contribution is 2.59. The maximum Gasteiger partial charge on any atom is 0.248 e. The molecule has 38 heavy (non-hydrogen) atoms. The van der Waals surface area contributed by atoms with E-state index >= 15 is 0 Å². The summed E-state index contributed by atoms with van der Waals surface area (Å²) in [5.74, 6) is -2.15. The maximum atomic E-state index is 14.4. The van der Waals surface area contributed by atoms with E-state index in [-0.39, 0.29) is 30.2 Å². The van der Waals surface area contributed by atoms with Crippen molar-refractivity contribution in [1.82, 2.24) is 19.6 Å². The molecule has 0 radical (unpaired) electrons. The second kappa shape index (κ2) is 11.9. The summed E-state index contributed by atoms with van der Waals surface area (Å²) in [4.78, 5) is 49.3. The zero-order valence-corrected chi connectivity index (χ0v) is 23.1. The molecule has 1 spiro atoms. The number of aliphatic hydroxyl groups is 1. The van der Waals surface area contributed by atoms with Gasteiger partial charge in [-0.3, -0.25) is 19.3 Å². The first kappa shape index (κ1) is 28.7. The van der Waals surface area contributed by atoms with Crippen LogP contribution in [0.25, 0.3) is 0 Å². The molecule has 0 saturated carbocycles. The minimum absolute atomic E-state index is 0.0922. The van der Waals surface area contributed by atoms with Crippen LogP contribution in [0.2, 0.25) is 0 Å². The molecule has 10 nitrogen and oxygen atoms in total. The number of hydrogen-bond donors (Lipinski definition) is 1. The summed E-state index contributed by atoms with van der Waals surface area (Å²) in [5.41, 5.74) is -1.09. The van der Waals surface area contributed by atoms with Gasteiger partial charge in [-0.25, -0.2) is 0 Å². The Kier molecular flexibility index (Phi) is 8.96. The number of carbonyl (C=O) groups excluding carboxylic acids is 3. The molecule has 4 aliphatic rings. The van der Waals surface area contributed by atoms with Crippen LogP contribution in [-0.4, -0.2) is 132 Å². The molecule has 1 N–H and O–H groups in total. The minimum atomic E-state index is -1.09. The van der Waals surface area contributed by atoms with E-state index in [1.165, 1.54) is 0 Å². The molecule has 0 aromatic carbocycles. The fraction of sp³-hybridized carbons (Fsp3) is 0.750. The quantitative estimate of drug-likeness (QED) is 0.362. The Hall–Kier alpha value is -2.27. The first-order valence-corrected chi connectivity index (χ1v) is 13.9. The Morgan fingerprint density at radius 2 is 1.87 bits per heavy atom. The normalized spacial score (nSPS) is 31.4. The topological polar surface area (TPSA) is 103 Å². The summed E-state index contributed by atoms with van der Waals surface area (Å²) >= 11 is 0. The van der Waals surface area contributed by atoms with Crippen LogP contribution in [-0.2, 0) is 23.9 Å². The Morgan fingerprint density at radius 1 is 1.18 bits per heavy atom. The Labute approximate surface area is 226 Å². The Bertz CT molecular complexity index is 921. The number of aliphatic hydroxyl groups excluding tert-OH is 1. The van der Waals surface area contributed by atoms with Crippen LogP contribution in [0, 0.1) is 17.8 Å². The van der Waals surface area contributed by atoms with Crippen LogP contribution < -0.4 is 0 Å². The van der Waals surface area contributed by atoms with Crippen molar-refractivity contribution in [3.8, 4) is 0 Å². The first-order chi connectivity index (χ1) is 18.2. The third-order valence-corrected chi connectivity index (χ3v) is 8.80. The zero-order valence-electron chi connectivity index (χ0n) is 23.1. The van der Waals surface area contributed by atoms with Crippen molar-refractivity contribution in [3.63, 3.8) is 0 Å². The van der Waals surface area contributed by atoms with E-state index in [1.54, 1.807) is 33.9 Å². The van der Waals surface area contributed by atoms with E-state index in [9.17, 15) is 19.5 Å². The highest BCUT2D eigenvalue weighted by molar-refractivity contribution is 5.99.